The Morgan fingerprint density at radius 1 is 1.65 bits per heavy atom. The topological polar surface area (TPSA) is 32.3 Å². The van der Waals surface area contributed by atoms with Crippen LogP contribution in [0.25, 0.3) is 0 Å². The smallest absolute Gasteiger partial charge is 0.228 e. The number of hydrogen-bond acceptors (Lipinski definition) is 3. The number of hydrogen-bond donors (Lipinski definition) is 1. The summed E-state index contributed by atoms with van der Waals surface area (Å²) in [6.45, 7) is 4.93. The van der Waals surface area contributed by atoms with Crippen molar-refractivity contribution in [1.29, 1.82) is 0 Å². The molecule has 1 saturated heterocycles. The van der Waals surface area contributed by atoms with Gasteiger partial charge in [-0.3, -0.25) is 4.79 Å². The van der Waals surface area contributed by atoms with E-state index in [0.717, 1.165) is 30.9 Å². The van der Waals surface area contributed by atoms with Crippen LogP contribution in [0.2, 0.25) is 0 Å². The number of carbonyl (C=O) groups is 1. The average Bonchev–Trinajstić information content (AvgIpc) is 2.84. The molecular weight excluding hydrogens is 232 g/mol. The minimum absolute atomic E-state index is 0.267. The minimum atomic E-state index is 0.267. The van der Waals surface area contributed by atoms with E-state index in [0.29, 0.717) is 12.5 Å². The van der Waals surface area contributed by atoms with Gasteiger partial charge in [0.15, 0.2) is 0 Å². The molecule has 1 aromatic heterocycles. The van der Waals surface area contributed by atoms with Crippen LogP contribution in [0.5, 0.6) is 0 Å². The van der Waals surface area contributed by atoms with Gasteiger partial charge in [-0.15, -0.1) is 11.3 Å². The van der Waals surface area contributed by atoms with Crippen LogP contribution in [0.4, 0.5) is 0 Å². The van der Waals surface area contributed by atoms with Crippen molar-refractivity contribution in [1.82, 2.24) is 10.2 Å². The molecule has 94 valence electrons. The fourth-order valence-electron chi connectivity index (χ4n) is 2.40. The summed E-state index contributed by atoms with van der Waals surface area (Å²) < 4.78 is 0. The lowest BCUT2D eigenvalue weighted by Gasteiger charge is -2.34. The van der Waals surface area contributed by atoms with Gasteiger partial charge in [0.05, 0.1) is 6.42 Å². The standard InChI is InChI=1S/C13H20N2OS/c1-2-15(11-5-3-7-14-10-11)13(16)9-12-6-4-8-17-12/h4,6,8,11,14H,2-3,5,7,9-10H2,1H3. The fraction of sp³-hybridized carbons (Fsp3) is 0.615. The zero-order valence-electron chi connectivity index (χ0n) is 10.3. The molecule has 1 aliphatic rings. The highest BCUT2D eigenvalue weighted by Gasteiger charge is 2.23. The van der Waals surface area contributed by atoms with Crippen LogP contribution in [-0.4, -0.2) is 36.5 Å². The Morgan fingerprint density at radius 2 is 2.53 bits per heavy atom. The molecule has 2 rings (SSSR count). The first-order valence-corrected chi connectivity index (χ1v) is 7.21. The molecule has 0 aliphatic carbocycles. The van der Waals surface area contributed by atoms with Crippen LogP contribution in [0.1, 0.15) is 24.6 Å². The Morgan fingerprint density at radius 3 is 3.12 bits per heavy atom. The van der Waals surface area contributed by atoms with E-state index >= 15 is 0 Å². The molecule has 0 radical (unpaired) electrons. The molecule has 1 atom stereocenters. The molecule has 2 heterocycles. The Labute approximate surface area is 107 Å². The Balaban J connectivity index is 1.94. The summed E-state index contributed by atoms with van der Waals surface area (Å²) in [4.78, 5) is 15.4. The summed E-state index contributed by atoms with van der Waals surface area (Å²) in [5.74, 6) is 0.267. The molecule has 4 heteroatoms. The van der Waals surface area contributed by atoms with Crippen LogP contribution in [0.15, 0.2) is 17.5 Å². The second-order valence-corrected chi connectivity index (χ2v) is 5.47. The molecule has 0 saturated carbocycles. The van der Waals surface area contributed by atoms with Gasteiger partial charge < -0.3 is 10.2 Å². The molecule has 0 bridgehead atoms. The maximum absolute atomic E-state index is 12.2. The van der Waals surface area contributed by atoms with Crippen LogP contribution in [-0.2, 0) is 11.2 Å². The second-order valence-electron chi connectivity index (χ2n) is 4.44. The highest BCUT2D eigenvalue weighted by Crippen LogP contribution is 2.15. The van der Waals surface area contributed by atoms with Crippen LogP contribution in [0.3, 0.4) is 0 Å². The van der Waals surface area contributed by atoms with Crippen molar-refractivity contribution < 1.29 is 4.79 Å². The van der Waals surface area contributed by atoms with E-state index in [2.05, 4.69) is 12.2 Å². The predicted octanol–water partition coefficient (Wildman–Crippen LogP) is 1.89. The maximum atomic E-state index is 12.2. The second kappa shape index (κ2) is 6.17. The number of nitrogens with zero attached hydrogens (tertiary/aromatic N) is 1. The molecule has 1 fully saturated rings. The first-order chi connectivity index (χ1) is 8.31. The first kappa shape index (κ1) is 12.6. The summed E-state index contributed by atoms with van der Waals surface area (Å²) in [7, 11) is 0. The van der Waals surface area contributed by atoms with E-state index in [4.69, 9.17) is 0 Å². The quantitative estimate of drug-likeness (QED) is 0.887. The number of likely N-dealkylation sites (N-methyl/N-ethyl adjacent to an activating group) is 1. The van der Waals surface area contributed by atoms with Gasteiger partial charge in [0, 0.05) is 24.0 Å². The van der Waals surface area contributed by atoms with Gasteiger partial charge in [-0.2, -0.15) is 0 Å². The summed E-state index contributed by atoms with van der Waals surface area (Å²) >= 11 is 1.66. The van der Waals surface area contributed by atoms with Crippen LogP contribution >= 0.6 is 11.3 Å². The third kappa shape index (κ3) is 3.30. The SMILES string of the molecule is CCN(C(=O)Cc1cccs1)C1CCCNC1. The van der Waals surface area contributed by atoms with Gasteiger partial charge in [0.25, 0.3) is 0 Å². The Kier molecular flexibility index (Phi) is 4.57. The fourth-order valence-corrected chi connectivity index (χ4v) is 3.10. The number of piperidine rings is 1. The average molecular weight is 252 g/mol. The maximum Gasteiger partial charge on any atom is 0.228 e. The first-order valence-electron chi connectivity index (χ1n) is 6.34. The van der Waals surface area contributed by atoms with E-state index in [9.17, 15) is 4.79 Å². The van der Waals surface area contributed by atoms with Gasteiger partial charge in [-0.25, -0.2) is 0 Å². The van der Waals surface area contributed by atoms with Crippen molar-refractivity contribution in [3.63, 3.8) is 0 Å². The van der Waals surface area contributed by atoms with Crippen molar-refractivity contribution in [2.45, 2.75) is 32.2 Å². The molecule has 1 aromatic rings. The number of thiophene rings is 1. The summed E-state index contributed by atoms with van der Waals surface area (Å²) in [6.07, 6.45) is 2.87. The minimum Gasteiger partial charge on any atom is -0.338 e. The molecular formula is C13H20N2OS. The molecule has 0 spiro atoms. The van der Waals surface area contributed by atoms with Crippen molar-refractivity contribution in [3.05, 3.63) is 22.4 Å². The van der Waals surface area contributed by atoms with Crippen molar-refractivity contribution in [2.24, 2.45) is 0 Å². The molecule has 1 unspecified atom stereocenters. The number of amides is 1. The number of carbonyl (C=O) groups excluding carboxylic acids is 1. The van der Waals surface area contributed by atoms with E-state index in [-0.39, 0.29) is 5.91 Å². The Bertz CT molecular complexity index is 344. The number of rotatable bonds is 4. The van der Waals surface area contributed by atoms with Crippen molar-refractivity contribution in [2.75, 3.05) is 19.6 Å². The van der Waals surface area contributed by atoms with Gasteiger partial charge in [-0.1, -0.05) is 6.07 Å². The zero-order chi connectivity index (χ0) is 12.1. The van der Waals surface area contributed by atoms with Crippen molar-refractivity contribution in [3.8, 4) is 0 Å². The summed E-state index contributed by atoms with van der Waals surface area (Å²) in [5.41, 5.74) is 0. The molecule has 17 heavy (non-hydrogen) atoms. The third-order valence-electron chi connectivity index (χ3n) is 3.28. The van der Waals surface area contributed by atoms with Gasteiger partial charge in [0.1, 0.15) is 0 Å². The van der Waals surface area contributed by atoms with E-state index < -0.39 is 0 Å². The summed E-state index contributed by atoms with van der Waals surface area (Å²) in [6, 6.07) is 4.43. The lowest BCUT2D eigenvalue weighted by Crippen LogP contribution is -2.49. The molecule has 1 N–H and O–H groups in total. The predicted molar refractivity (Wildman–Crippen MR) is 71.3 cm³/mol. The largest absolute Gasteiger partial charge is 0.338 e. The monoisotopic (exact) mass is 252 g/mol. The zero-order valence-corrected chi connectivity index (χ0v) is 11.1. The third-order valence-corrected chi connectivity index (χ3v) is 4.15. The highest BCUT2D eigenvalue weighted by molar-refractivity contribution is 7.10. The van der Waals surface area contributed by atoms with E-state index in [1.54, 1.807) is 11.3 Å². The highest BCUT2D eigenvalue weighted by atomic mass is 32.1. The lowest BCUT2D eigenvalue weighted by molar-refractivity contribution is -0.132. The van der Waals surface area contributed by atoms with E-state index in [1.807, 2.05) is 22.4 Å². The van der Waals surface area contributed by atoms with Gasteiger partial charge in [-0.05, 0) is 37.8 Å². The normalized spacial score (nSPS) is 20.2. The van der Waals surface area contributed by atoms with Gasteiger partial charge in [0.2, 0.25) is 5.91 Å². The molecule has 1 aliphatic heterocycles. The van der Waals surface area contributed by atoms with Crippen molar-refractivity contribution >= 4 is 17.2 Å². The Hall–Kier alpha value is -0.870. The van der Waals surface area contributed by atoms with Crippen LogP contribution in [0, 0.1) is 0 Å². The van der Waals surface area contributed by atoms with Crippen LogP contribution < -0.4 is 5.32 Å². The lowest BCUT2D eigenvalue weighted by atomic mass is 10.1. The van der Waals surface area contributed by atoms with Gasteiger partial charge >= 0.3 is 0 Å². The molecule has 3 nitrogen and oxygen atoms in total. The van der Waals surface area contributed by atoms with E-state index in [1.165, 1.54) is 6.42 Å². The molecule has 1 amide bonds. The molecule has 0 aromatic carbocycles. The summed E-state index contributed by atoms with van der Waals surface area (Å²) in [5, 5.41) is 5.40. The number of nitrogens with one attached hydrogen (secondary N) is 1.